The first kappa shape index (κ1) is 15.5. The van der Waals surface area contributed by atoms with E-state index >= 15 is 0 Å². The number of oxazole rings is 1. The molecule has 0 aliphatic carbocycles. The number of nitrogens with one attached hydrogen (secondary N) is 1. The van der Waals surface area contributed by atoms with Crippen LogP contribution in [0.25, 0.3) is 0 Å². The molecule has 2 rings (SSSR count). The molecule has 21 heavy (non-hydrogen) atoms. The summed E-state index contributed by atoms with van der Waals surface area (Å²) in [6, 6.07) is -0.182. The number of likely N-dealkylation sites (tertiary alicyclic amines) is 1. The highest BCUT2D eigenvalue weighted by Gasteiger charge is 2.37. The lowest BCUT2D eigenvalue weighted by atomic mass is 10.1. The molecule has 1 atom stereocenters. The third-order valence-corrected chi connectivity index (χ3v) is 3.62. The molecule has 1 N–H and O–H groups in total. The Balaban J connectivity index is 2.04. The first-order chi connectivity index (χ1) is 9.72. The quantitative estimate of drug-likeness (QED) is 0.920. The number of aryl methyl sites for hydroxylation is 2. The molecule has 1 unspecified atom stereocenters. The van der Waals surface area contributed by atoms with Crippen molar-refractivity contribution in [1.29, 1.82) is 0 Å². The third-order valence-electron chi connectivity index (χ3n) is 3.62. The Bertz CT molecular complexity index is 557. The number of carbonyl (C=O) groups excluding carboxylic acids is 2. The highest BCUT2D eigenvalue weighted by molar-refractivity contribution is 5.93. The number of hydrogen-bond donors (Lipinski definition) is 1. The summed E-state index contributed by atoms with van der Waals surface area (Å²) in [7, 11) is 0. The molecule has 116 valence electrons. The van der Waals surface area contributed by atoms with E-state index in [1.165, 1.54) is 0 Å². The minimum atomic E-state index is -0.298. The van der Waals surface area contributed by atoms with Crippen molar-refractivity contribution < 1.29 is 14.0 Å². The van der Waals surface area contributed by atoms with Crippen LogP contribution in [0.5, 0.6) is 0 Å². The van der Waals surface area contributed by atoms with Gasteiger partial charge in [-0.05, 0) is 27.7 Å². The smallest absolute Gasteiger partial charge is 0.289 e. The van der Waals surface area contributed by atoms with Gasteiger partial charge >= 0.3 is 0 Å². The lowest BCUT2D eigenvalue weighted by Crippen LogP contribution is -2.44. The zero-order valence-corrected chi connectivity index (χ0v) is 13.3. The van der Waals surface area contributed by atoms with E-state index in [0.717, 1.165) is 0 Å². The molecule has 6 nitrogen and oxygen atoms in total. The van der Waals surface area contributed by atoms with Crippen LogP contribution in [-0.2, 0) is 11.2 Å². The maximum absolute atomic E-state index is 12.2. The third kappa shape index (κ3) is 3.25. The van der Waals surface area contributed by atoms with Crippen molar-refractivity contribution in [2.45, 2.75) is 59.0 Å². The highest BCUT2D eigenvalue weighted by atomic mass is 16.4. The van der Waals surface area contributed by atoms with Crippen LogP contribution in [-0.4, -0.2) is 39.8 Å². The zero-order valence-electron chi connectivity index (χ0n) is 13.3. The molecule has 1 aromatic rings. The van der Waals surface area contributed by atoms with Crippen molar-refractivity contribution in [2.75, 3.05) is 6.54 Å². The van der Waals surface area contributed by atoms with Crippen LogP contribution >= 0.6 is 0 Å². The summed E-state index contributed by atoms with van der Waals surface area (Å²) < 4.78 is 5.43. The predicted octanol–water partition coefficient (Wildman–Crippen LogP) is 1.67. The van der Waals surface area contributed by atoms with Gasteiger partial charge in [-0.15, -0.1) is 0 Å². The number of aromatic nitrogens is 1. The number of carbonyl (C=O) groups is 2. The predicted molar refractivity (Wildman–Crippen MR) is 78.0 cm³/mol. The Morgan fingerprint density at radius 3 is 2.62 bits per heavy atom. The van der Waals surface area contributed by atoms with Crippen molar-refractivity contribution in [3.63, 3.8) is 0 Å². The fraction of sp³-hybridized carbons (Fsp3) is 0.667. The summed E-state index contributed by atoms with van der Waals surface area (Å²) in [5, 5.41) is 2.87. The van der Waals surface area contributed by atoms with Gasteiger partial charge in [0, 0.05) is 24.9 Å². The van der Waals surface area contributed by atoms with Crippen LogP contribution in [0.3, 0.4) is 0 Å². The first-order valence-electron chi connectivity index (χ1n) is 7.30. The van der Waals surface area contributed by atoms with Crippen LogP contribution in [0.4, 0.5) is 0 Å². The molecule has 0 saturated carbocycles. The van der Waals surface area contributed by atoms with E-state index in [9.17, 15) is 9.59 Å². The topological polar surface area (TPSA) is 75.4 Å². The number of hydrogen-bond acceptors (Lipinski definition) is 4. The molecule has 1 aliphatic rings. The Labute approximate surface area is 124 Å². The first-order valence-corrected chi connectivity index (χ1v) is 7.30. The summed E-state index contributed by atoms with van der Waals surface area (Å²) in [5.74, 6) is 0.564. The molecular formula is C15H23N3O3. The van der Waals surface area contributed by atoms with E-state index in [2.05, 4.69) is 10.3 Å². The molecular weight excluding hydrogens is 270 g/mol. The molecule has 2 heterocycles. The van der Waals surface area contributed by atoms with Gasteiger partial charge in [-0.25, -0.2) is 4.98 Å². The summed E-state index contributed by atoms with van der Waals surface area (Å²) in [5.41, 5.74) is 0.357. The van der Waals surface area contributed by atoms with Gasteiger partial charge in [0.05, 0.1) is 11.7 Å². The second-order valence-corrected chi connectivity index (χ2v) is 6.43. The van der Waals surface area contributed by atoms with E-state index in [4.69, 9.17) is 4.42 Å². The van der Waals surface area contributed by atoms with Crippen molar-refractivity contribution in [3.8, 4) is 0 Å². The highest BCUT2D eigenvalue weighted by Crippen LogP contribution is 2.22. The van der Waals surface area contributed by atoms with Gasteiger partial charge in [-0.3, -0.25) is 9.59 Å². The second kappa shape index (κ2) is 5.50. The van der Waals surface area contributed by atoms with Crippen molar-refractivity contribution in [2.24, 2.45) is 0 Å². The van der Waals surface area contributed by atoms with Gasteiger partial charge < -0.3 is 14.6 Å². The van der Waals surface area contributed by atoms with Gasteiger partial charge in [0.1, 0.15) is 0 Å². The molecule has 1 saturated heterocycles. The summed E-state index contributed by atoms with van der Waals surface area (Å²) in [6.45, 7) is 10.2. The number of rotatable bonds is 3. The van der Waals surface area contributed by atoms with Gasteiger partial charge in [0.2, 0.25) is 11.7 Å². The van der Waals surface area contributed by atoms with Crippen LogP contribution in [0.1, 0.15) is 56.3 Å². The van der Waals surface area contributed by atoms with Gasteiger partial charge in [0.15, 0.2) is 5.89 Å². The second-order valence-electron chi connectivity index (χ2n) is 6.43. The Hall–Kier alpha value is -1.85. The maximum atomic E-state index is 12.2. The molecule has 0 radical (unpaired) electrons. The summed E-state index contributed by atoms with van der Waals surface area (Å²) in [6.07, 6.45) is 0.977. The zero-order chi connectivity index (χ0) is 15.8. The van der Waals surface area contributed by atoms with E-state index in [1.807, 2.05) is 27.7 Å². The van der Waals surface area contributed by atoms with Crippen molar-refractivity contribution >= 4 is 11.8 Å². The minimum Gasteiger partial charge on any atom is -0.435 e. The van der Waals surface area contributed by atoms with E-state index in [1.54, 1.807) is 11.8 Å². The molecule has 6 heteroatoms. The maximum Gasteiger partial charge on any atom is 0.289 e. The minimum absolute atomic E-state index is 0.0661. The fourth-order valence-electron chi connectivity index (χ4n) is 2.52. The summed E-state index contributed by atoms with van der Waals surface area (Å²) in [4.78, 5) is 30.2. The van der Waals surface area contributed by atoms with Crippen LogP contribution in [0.2, 0.25) is 0 Å². The van der Waals surface area contributed by atoms with E-state index in [-0.39, 0.29) is 29.2 Å². The Morgan fingerprint density at radius 1 is 1.48 bits per heavy atom. The molecule has 1 fully saturated rings. The molecule has 2 amide bonds. The molecule has 0 bridgehead atoms. The summed E-state index contributed by atoms with van der Waals surface area (Å²) >= 11 is 0. The average molecular weight is 293 g/mol. The van der Waals surface area contributed by atoms with Gasteiger partial charge in [0.25, 0.3) is 5.91 Å². The van der Waals surface area contributed by atoms with E-state index in [0.29, 0.717) is 31.0 Å². The lowest BCUT2D eigenvalue weighted by Gasteiger charge is -2.32. The molecule has 0 spiro atoms. The number of amides is 2. The van der Waals surface area contributed by atoms with Crippen LogP contribution in [0, 0.1) is 6.92 Å². The average Bonchev–Trinajstić information content (AvgIpc) is 2.91. The van der Waals surface area contributed by atoms with Crippen molar-refractivity contribution in [1.82, 2.24) is 15.2 Å². The van der Waals surface area contributed by atoms with Crippen molar-refractivity contribution in [3.05, 3.63) is 17.3 Å². The molecule has 1 aromatic heterocycles. The Kier molecular flexibility index (Phi) is 4.07. The van der Waals surface area contributed by atoms with Crippen LogP contribution in [0.15, 0.2) is 4.42 Å². The molecule has 0 aromatic carbocycles. The number of nitrogens with zero attached hydrogens (tertiary/aromatic N) is 2. The standard InChI is InChI=1S/C15H23N3O3/c1-6-11-16-9(2)13(21-11)14(20)17-10-7-12(19)18(8-10)15(3,4)5/h10H,6-8H2,1-5H3,(H,17,20). The normalized spacial score (nSPS) is 19.2. The van der Waals surface area contributed by atoms with E-state index < -0.39 is 0 Å². The lowest BCUT2D eigenvalue weighted by molar-refractivity contribution is -0.131. The fourth-order valence-corrected chi connectivity index (χ4v) is 2.52. The van der Waals surface area contributed by atoms with Gasteiger partial charge in [-0.2, -0.15) is 0 Å². The largest absolute Gasteiger partial charge is 0.435 e. The SMILES string of the molecule is CCc1nc(C)c(C(=O)NC2CC(=O)N(C(C)(C)C)C2)o1. The van der Waals surface area contributed by atoms with Gasteiger partial charge in [-0.1, -0.05) is 6.92 Å². The monoisotopic (exact) mass is 293 g/mol. The molecule has 1 aliphatic heterocycles. The van der Waals surface area contributed by atoms with Crippen LogP contribution < -0.4 is 5.32 Å². The Morgan fingerprint density at radius 2 is 2.14 bits per heavy atom.